The highest BCUT2D eigenvalue weighted by Crippen LogP contribution is 2.39. The van der Waals surface area contributed by atoms with Crippen LogP contribution in [0.5, 0.6) is 0 Å². The summed E-state index contributed by atoms with van der Waals surface area (Å²) in [7, 11) is -2.84. The highest BCUT2D eigenvalue weighted by molar-refractivity contribution is 7.19. The topological polar surface area (TPSA) is 23.0 Å². The molecule has 0 bridgehead atoms. The van der Waals surface area contributed by atoms with E-state index in [4.69, 9.17) is 4.42 Å². The molecule has 0 saturated carbocycles. The van der Waals surface area contributed by atoms with Gasteiger partial charge in [0.25, 0.3) is 0 Å². The van der Waals surface area contributed by atoms with Crippen LogP contribution >= 0.6 is 0 Å². The van der Waals surface area contributed by atoms with Crippen molar-refractivity contribution < 1.29 is 4.42 Å². The molecule has 0 radical (unpaired) electrons. The van der Waals surface area contributed by atoms with Crippen molar-refractivity contribution in [2.45, 2.75) is 0 Å². The van der Waals surface area contributed by atoms with Crippen molar-refractivity contribution in [3.05, 3.63) is 243 Å². The largest absolute Gasteiger partial charge is 0.456 e. The quantitative estimate of drug-likeness (QED) is 0.116. The maximum Gasteiger partial charge on any atom is 0.179 e. The maximum atomic E-state index is 6.38. The smallest absolute Gasteiger partial charge is 0.179 e. The fraction of sp³-hybridized carbons (Fsp3) is 0. The molecular weight excluding hydrogens is 793 g/mol. The lowest BCUT2D eigenvalue weighted by Crippen LogP contribution is -2.74. The normalized spacial score (nSPS) is 12.1. The van der Waals surface area contributed by atoms with Crippen LogP contribution in [0.2, 0.25) is 0 Å². The number of rotatable bonds is 7. The van der Waals surface area contributed by atoms with E-state index in [9.17, 15) is 0 Å². The van der Waals surface area contributed by atoms with E-state index in [0.717, 1.165) is 27.6 Å². The Morgan fingerprint density at radius 2 is 0.719 bits per heavy atom. The summed E-state index contributed by atoms with van der Waals surface area (Å²) in [4.78, 5) is 0. The van der Waals surface area contributed by atoms with Gasteiger partial charge >= 0.3 is 0 Å². The number of hydrogen-bond donors (Lipinski definition) is 0. The van der Waals surface area contributed by atoms with Crippen LogP contribution in [-0.4, -0.2) is 17.2 Å². The molecule has 300 valence electrons. The zero-order chi connectivity index (χ0) is 42.2. The minimum Gasteiger partial charge on any atom is -0.456 e. The summed E-state index contributed by atoms with van der Waals surface area (Å²) in [6.07, 6.45) is 0. The standard InChI is InChI=1S/C60H40N2OSi/c1-4-16-43(17-5-1)61-55-25-13-10-22-49(55)52-38-42(30-37-57(52)61)41-28-33-47(34-29-41)64(45-18-6-2-7-19-45,46-20-8-3-9-21-46)48-35-31-44(32-36-48)62-56-26-14-11-23-50(56)53-40-60-54(39-58(53)62)51-24-12-15-27-59(51)63-60/h1-40H. The molecule has 64 heavy (non-hydrogen) atoms. The Hall–Kier alpha value is -8.18. The lowest BCUT2D eigenvalue weighted by molar-refractivity contribution is 0.669. The maximum absolute atomic E-state index is 6.38. The summed E-state index contributed by atoms with van der Waals surface area (Å²) in [6, 6.07) is 89.3. The SMILES string of the molecule is c1ccc(-n2c3ccccc3c3cc(-c4ccc([Si](c5ccccc5)(c5ccccc5)c5ccc(-n6c7ccccc7c7cc8oc9ccccc9c8cc76)cc5)cc4)ccc32)cc1. The van der Waals surface area contributed by atoms with Crippen LogP contribution in [0.4, 0.5) is 0 Å². The van der Waals surface area contributed by atoms with Gasteiger partial charge in [-0.2, -0.15) is 0 Å². The predicted octanol–water partition coefficient (Wildman–Crippen LogP) is 12.8. The summed E-state index contributed by atoms with van der Waals surface area (Å²) < 4.78 is 11.2. The van der Waals surface area contributed by atoms with Gasteiger partial charge in [0.05, 0.1) is 22.1 Å². The van der Waals surface area contributed by atoms with Gasteiger partial charge in [-0.1, -0.05) is 176 Å². The molecule has 0 atom stereocenters. The number of nitrogens with zero attached hydrogens (tertiary/aromatic N) is 2. The molecule has 13 rings (SSSR count). The Labute approximate surface area is 371 Å². The van der Waals surface area contributed by atoms with Crippen molar-refractivity contribution in [1.29, 1.82) is 0 Å². The number of fused-ring (bicyclic) bond motifs is 9. The zero-order valence-corrected chi connectivity index (χ0v) is 35.9. The first-order valence-corrected chi connectivity index (χ1v) is 24.0. The lowest BCUT2D eigenvalue weighted by Gasteiger charge is -2.34. The summed E-state index contributed by atoms with van der Waals surface area (Å²) in [5.74, 6) is 0. The zero-order valence-electron chi connectivity index (χ0n) is 34.9. The second-order valence-electron chi connectivity index (χ2n) is 16.8. The van der Waals surface area contributed by atoms with Gasteiger partial charge in [-0.15, -0.1) is 0 Å². The molecule has 0 saturated heterocycles. The molecule has 3 aromatic heterocycles. The minimum absolute atomic E-state index is 0.912. The number of furan rings is 1. The van der Waals surface area contributed by atoms with Crippen molar-refractivity contribution >= 4 is 94.4 Å². The van der Waals surface area contributed by atoms with Crippen molar-refractivity contribution in [3.63, 3.8) is 0 Å². The lowest BCUT2D eigenvalue weighted by atomic mass is 10.0. The minimum atomic E-state index is -2.84. The number of benzene rings is 10. The third-order valence-corrected chi connectivity index (χ3v) is 18.3. The number of hydrogen-bond acceptors (Lipinski definition) is 1. The summed E-state index contributed by atoms with van der Waals surface area (Å²) >= 11 is 0. The van der Waals surface area contributed by atoms with Gasteiger partial charge in [0.1, 0.15) is 11.2 Å². The molecule has 3 heterocycles. The number of aromatic nitrogens is 2. The summed E-state index contributed by atoms with van der Waals surface area (Å²) in [5, 5.41) is 12.5. The first kappa shape index (κ1) is 36.5. The molecule has 0 amide bonds. The van der Waals surface area contributed by atoms with Crippen molar-refractivity contribution in [2.24, 2.45) is 0 Å². The van der Waals surface area contributed by atoms with Gasteiger partial charge in [-0.3, -0.25) is 0 Å². The van der Waals surface area contributed by atoms with Crippen molar-refractivity contribution in [3.8, 4) is 22.5 Å². The highest BCUT2D eigenvalue weighted by Gasteiger charge is 2.41. The van der Waals surface area contributed by atoms with Crippen LogP contribution in [-0.2, 0) is 0 Å². The predicted molar refractivity (Wildman–Crippen MR) is 271 cm³/mol. The van der Waals surface area contributed by atoms with Crippen LogP contribution in [0, 0.1) is 0 Å². The van der Waals surface area contributed by atoms with Crippen LogP contribution in [0.3, 0.4) is 0 Å². The fourth-order valence-electron chi connectivity index (χ4n) is 10.6. The van der Waals surface area contributed by atoms with Gasteiger partial charge in [0, 0.05) is 43.7 Å². The molecule has 0 unspecified atom stereocenters. The molecule has 13 aromatic rings. The summed E-state index contributed by atoms with van der Waals surface area (Å²) in [5.41, 5.74) is 11.3. The Morgan fingerprint density at radius 3 is 1.36 bits per heavy atom. The third-order valence-electron chi connectivity index (χ3n) is 13.5. The van der Waals surface area contributed by atoms with Gasteiger partial charge < -0.3 is 13.6 Å². The Balaban J connectivity index is 0.971. The molecule has 0 aliphatic carbocycles. The van der Waals surface area contributed by atoms with E-state index in [0.29, 0.717) is 0 Å². The van der Waals surface area contributed by atoms with E-state index in [2.05, 4.69) is 246 Å². The Kier molecular flexibility index (Phi) is 8.23. The Morgan fingerprint density at radius 1 is 0.266 bits per heavy atom. The monoisotopic (exact) mass is 832 g/mol. The highest BCUT2D eigenvalue weighted by atomic mass is 28.3. The molecule has 0 fully saturated rings. The van der Waals surface area contributed by atoms with Crippen molar-refractivity contribution in [2.75, 3.05) is 0 Å². The van der Waals surface area contributed by atoms with E-state index in [-0.39, 0.29) is 0 Å². The van der Waals surface area contributed by atoms with Crippen LogP contribution in [0.25, 0.3) is 88.1 Å². The van der Waals surface area contributed by atoms with Gasteiger partial charge in [0.15, 0.2) is 8.07 Å². The molecule has 0 aliphatic heterocycles. The van der Waals surface area contributed by atoms with E-state index in [1.165, 1.54) is 81.2 Å². The second-order valence-corrected chi connectivity index (χ2v) is 20.7. The molecule has 0 aliphatic rings. The molecule has 0 N–H and O–H groups in total. The number of para-hydroxylation sites is 4. The van der Waals surface area contributed by atoms with E-state index >= 15 is 0 Å². The average Bonchev–Trinajstić information content (AvgIpc) is 4.02. The van der Waals surface area contributed by atoms with E-state index < -0.39 is 8.07 Å². The fourth-order valence-corrected chi connectivity index (χ4v) is 15.3. The third kappa shape index (κ3) is 5.46. The Bertz CT molecular complexity index is 3830. The summed E-state index contributed by atoms with van der Waals surface area (Å²) in [6.45, 7) is 0. The van der Waals surface area contributed by atoms with E-state index in [1.54, 1.807) is 0 Å². The van der Waals surface area contributed by atoms with Gasteiger partial charge in [0.2, 0.25) is 0 Å². The average molecular weight is 833 g/mol. The molecule has 3 nitrogen and oxygen atoms in total. The first-order valence-electron chi connectivity index (χ1n) is 22.0. The second kappa shape index (κ2) is 14.5. The van der Waals surface area contributed by atoms with Crippen LogP contribution in [0.1, 0.15) is 0 Å². The molecule has 10 aromatic carbocycles. The van der Waals surface area contributed by atoms with Crippen LogP contribution < -0.4 is 20.7 Å². The van der Waals surface area contributed by atoms with Gasteiger partial charge in [-0.25, -0.2) is 0 Å². The van der Waals surface area contributed by atoms with Gasteiger partial charge in [-0.05, 0) is 98.6 Å². The first-order chi connectivity index (χ1) is 31.7. The molecule has 4 heteroatoms. The molecule has 0 spiro atoms. The molecular formula is C60H40N2OSi. The van der Waals surface area contributed by atoms with E-state index in [1.807, 2.05) is 6.07 Å². The van der Waals surface area contributed by atoms with Crippen molar-refractivity contribution in [1.82, 2.24) is 9.13 Å². The van der Waals surface area contributed by atoms with Crippen LogP contribution in [0.15, 0.2) is 247 Å².